The quantitative estimate of drug-likeness (QED) is 0.768. The van der Waals surface area contributed by atoms with Crippen LogP contribution in [0.3, 0.4) is 0 Å². The second-order valence-electron chi connectivity index (χ2n) is 5.80. The summed E-state index contributed by atoms with van der Waals surface area (Å²) in [5, 5.41) is 3.18. The minimum Gasteiger partial charge on any atom is -0.319 e. The highest BCUT2D eigenvalue weighted by atomic mass is 35.5. The van der Waals surface area contributed by atoms with Crippen LogP contribution in [-0.4, -0.2) is 56.8 Å². The van der Waals surface area contributed by atoms with E-state index >= 15 is 0 Å². The third kappa shape index (κ3) is 4.56. The number of piperidine rings is 1. The smallest absolute Gasteiger partial charge is 0.281 e. The van der Waals surface area contributed by atoms with Gasteiger partial charge in [-0.1, -0.05) is 6.92 Å². The molecule has 0 aromatic rings. The van der Waals surface area contributed by atoms with Gasteiger partial charge in [-0.3, -0.25) is 0 Å². The molecule has 1 saturated heterocycles. The lowest BCUT2D eigenvalue weighted by Gasteiger charge is -2.34. The Morgan fingerprint density at radius 1 is 1.15 bits per heavy atom. The first-order chi connectivity index (χ1) is 9.07. The molecule has 1 saturated carbocycles. The number of nitrogens with one attached hydrogen (secondary N) is 1. The van der Waals surface area contributed by atoms with Crippen molar-refractivity contribution in [2.75, 3.05) is 39.8 Å². The summed E-state index contributed by atoms with van der Waals surface area (Å²) in [7, 11) is -1.27. The Morgan fingerprint density at radius 3 is 2.20 bits per heavy atom. The van der Waals surface area contributed by atoms with Gasteiger partial charge in [-0.25, -0.2) is 0 Å². The Morgan fingerprint density at radius 2 is 1.75 bits per heavy atom. The van der Waals surface area contributed by atoms with E-state index in [1.165, 1.54) is 12.8 Å². The van der Waals surface area contributed by atoms with Gasteiger partial charge in [-0.2, -0.15) is 17.0 Å². The van der Waals surface area contributed by atoms with Crippen molar-refractivity contribution in [1.82, 2.24) is 13.9 Å². The molecule has 0 unspecified atom stereocenters. The van der Waals surface area contributed by atoms with Crippen molar-refractivity contribution in [3.8, 4) is 0 Å². The Balaban J connectivity index is 0.00000200. The summed E-state index contributed by atoms with van der Waals surface area (Å²) in [6, 6.07) is 0. The van der Waals surface area contributed by atoms with E-state index in [9.17, 15) is 8.42 Å². The van der Waals surface area contributed by atoms with E-state index in [2.05, 4.69) is 5.32 Å². The average molecular weight is 326 g/mol. The number of halogens is 1. The fraction of sp³-hybridized carbons (Fsp3) is 1.00. The Kier molecular flexibility index (Phi) is 7.21. The lowest BCUT2D eigenvalue weighted by atomic mass is 9.98. The molecule has 0 aromatic heterocycles. The van der Waals surface area contributed by atoms with Gasteiger partial charge < -0.3 is 5.32 Å². The van der Waals surface area contributed by atoms with E-state index in [0.29, 0.717) is 31.5 Å². The van der Waals surface area contributed by atoms with Gasteiger partial charge in [0.25, 0.3) is 10.2 Å². The van der Waals surface area contributed by atoms with Gasteiger partial charge in [0, 0.05) is 26.2 Å². The highest BCUT2D eigenvalue weighted by molar-refractivity contribution is 7.86. The standard InChI is InChI=1S/C13H27N3O2S.ClH/c1-3-15(11-13-4-5-13)19(17,18)16-8-6-12(7-9-16)10-14-2;/h12-14H,3-11H2,1-2H3;1H. The van der Waals surface area contributed by atoms with Crippen LogP contribution in [0.2, 0.25) is 0 Å². The molecule has 1 aliphatic heterocycles. The zero-order valence-electron chi connectivity index (χ0n) is 12.5. The van der Waals surface area contributed by atoms with Gasteiger partial charge in [-0.05, 0) is 51.1 Å². The van der Waals surface area contributed by atoms with Crippen LogP contribution in [0.4, 0.5) is 0 Å². The third-order valence-corrected chi connectivity index (χ3v) is 6.31. The highest BCUT2D eigenvalue weighted by Gasteiger charge is 2.35. The van der Waals surface area contributed by atoms with Crippen LogP contribution in [-0.2, 0) is 10.2 Å². The molecule has 0 aromatic carbocycles. The van der Waals surface area contributed by atoms with Gasteiger partial charge in [0.05, 0.1) is 0 Å². The molecule has 1 N–H and O–H groups in total. The van der Waals surface area contributed by atoms with Crippen molar-refractivity contribution < 1.29 is 8.42 Å². The molecule has 20 heavy (non-hydrogen) atoms. The fourth-order valence-corrected chi connectivity index (χ4v) is 4.50. The van der Waals surface area contributed by atoms with Crippen molar-refractivity contribution >= 4 is 22.6 Å². The second kappa shape index (κ2) is 7.94. The predicted octanol–water partition coefficient (Wildman–Crippen LogP) is 1.32. The number of hydrogen-bond acceptors (Lipinski definition) is 3. The summed E-state index contributed by atoms with van der Waals surface area (Å²) in [6.07, 6.45) is 4.33. The maximum absolute atomic E-state index is 12.6. The zero-order chi connectivity index (χ0) is 13.9. The Labute approximate surface area is 129 Å². The SMILES string of the molecule is CCN(CC1CC1)S(=O)(=O)N1CCC(CNC)CC1.Cl. The van der Waals surface area contributed by atoms with Gasteiger partial charge in [-0.15, -0.1) is 12.4 Å². The number of nitrogens with zero attached hydrogens (tertiary/aromatic N) is 2. The summed E-state index contributed by atoms with van der Waals surface area (Å²) in [4.78, 5) is 0. The number of hydrogen-bond donors (Lipinski definition) is 1. The van der Waals surface area contributed by atoms with Gasteiger partial charge in [0.15, 0.2) is 0 Å². The maximum atomic E-state index is 12.6. The second-order valence-corrected chi connectivity index (χ2v) is 7.73. The first-order valence-corrected chi connectivity index (χ1v) is 8.87. The van der Waals surface area contributed by atoms with Gasteiger partial charge in [0.1, 0.15) is 0 Å². The molecule has 0 spiro atoms. The minimum absolute atomic E-state index is 0. The lowest BCUT2D eigenvalue weighted by molar-refractivity contribution is 0.251. The molecule has 7 heteroatoms. The molecule has 120 valence electrons. The molecule has 2 aliphatic rings. The van der Waals surface area contributed by atoms with Crippen molar-refractivity contribution in [2.45, 2.75) is 32.6 Å². The molecule has 2 rings (SSSR count). The van der Waals surface area contributed by atoms with E-state index in [1.54, 1.807) is 8.61 Å². The molecule has 1 aliphatic carbocycles. The molecule has 0 bridgehead atoms. The normalized spacial score (nSPS) is 21.9. The van der Waals surface area contributed by atoms with Crippen LogP contribution in [0, 0.1) is 11.8 Å². The fourth-order valence-electron chi connectivity index (χ4n) is 2.77. The van der Waals surface area contributed by atoms with Crippen LogP contribution >= 0.6 is 12.4 Å². The van der Waals surface area contributed by atoms with Crippen molar-refractivity contribution in [3.63, 3.8) is 0 Å². The topological polar surface area (TPSA) is 52.7 Å². The summed E-state index contributed by atoms with van der Waals surface area (Å²) in [5.74, 6) is 1.23. The van der Waals surface area contributed by atoms with Crippen LogP contribution in [0.1, 0.15) is 32.6 Å². The summed E-state index contributed by atoms with van der Waals surface area (Å²) in [5.41, 5.74) is 0. The van der Waals surface area contributed by atoms with E-state index in [0.717, 1.165) is 25.9 Å². The molecular weight excluding hydrogens is 298 g/mol. The molecule has 1 heterocycles. The van der Waals surface area contributed by atoms with E-state index in [-0.39, 0.29) is 12.4 Å². The third-order valence-electron chi connectivity index (χ3n) is 4.23. The Bertz CT molecular complexity index is 379. The Hall–Kier alpha value is 0.120. The van der Waals surface area contributed by atoms with Gasteiger partial charge >= 0.3 is 0 Å². The van der Waals surface area contributed by atoms with E-state index < -0.39 is 10.2 Å². The van der Waals surface area contributed by atoms with Gasteiger partial charge in [0.2, 0.25) is 0 Å². The van der Waals surface area contributed by atoms with Crippen molar-refractivity contribution in [3.05, 3.63) is 0 Å². The average Bonchev–Trinajstić information content (AvgIpc) is 3.21. The highest BCUT2D eigenvalue weighted by Crippen LogP contribution is 2.31. The molecule has 0 atom stereocenters. The first kappa shape index (κ1) is 18.2. The van der Waals surface area contributed by atoms with Crippen LogP contribution < -0.4 is 5.32 Å². The number of rotatable bonds is 7. The van der Waals surface area contributed by atoms with Crippen LogP contribution in [0.5, 0.6) is 0 Å². The van der Waals surface area contributed by atoms with Crippen molar-refractivity contribution in [2.24, 2.45) is 11.8 Å². The molecule has 0 radical (unpaired) electrons. The summed E-state index contributed by atoms with van der Waals surface area (Å²) in [6.45, 7) is 5.59. The molecular formula is C13H28ClN3O2S. The van der Waals surface area contributed by atoms with E-state index in [4.69, 9.17) is 0 Å². The zero-order valence-corrected chi connectivity index (χ0v) is 14.2. The summed E-state index contributed by atoms with van der Waals surface area (Å²) < 4.78 is 28.5. The van der Waals surface area contributed by atoms with Crippen molar-refractivity contribution in [1.29, 1.82) is 0 Å². The largest absolute Gasteiger partial charge is 0.319 e. The molecule has 5 nitrogen and oxygen atoms in total. The lowest BCUT2D eigenvalue weighted by Crippen LogP contribution is -2.48. The van der Waals surface area contributed by atoms with E-state index in [1.807, 2.05) is 14.0 Å². The van der Waals surface area contributed by atoms with Crippen LogP contribution in [0.25, 0.3) is 0 Å². The van der Waals surface area contributed by atoms with Crippen LogP contribution in [0.15, 0.2) is 0 Å². The first-order valence-electron chi connectivity index (χ1n) is 7.47. The summed E-state index contributed by atoms with van der Waals surface area (Å²) >= 11 is 0. The predicted molar refractivity (Wildman–Crippen MR) is 84.4 cm³/mol. The molecule has 2 fully saturated rings. The molecule has 0 amide bonds. The minimum atomic E-state index is -3.22. The maximum Gasteiger partial charge on any atom is 0.281 e. The monoisotopic (exact) mass is 325 g/mol.